The maximum absolute atomic E-state index is 12.5. The van der Waals surface area contributed by atoms with Crippen LogP contribution in [0.25, 0.3) is 0 Å². The molecule has 0 aliphatic carbocycles. The molecule has 2 aromatic heterocycles. The van der Waals surface area contributed by atoms with Gasteiger partial charge in [0.05, 0.1) is 24.9 Å². The van der Waals surface area contributed by atoms with Crippen LogP contribution in [0.3, 0.4) is 0 Å². The zero-order chi connectivity index (χ0) is 17.5. The predicted molar refractivity (Wildman–Crippen MR) is 91.5 cm³/mol. The summed E-state index contributed by atoms with van der Waals surface area (Å²) in [6.45, 7) is 4.90. The fraction of sp³-hybridized carbons (Fsp3) is 0.471. The van der Waals surface area contributed by atoms with Crippen LogP contribution in [0.5, 0.6) is 0 Å². The van der Waals surface area contributed by atoms with E-state index >= 15 is 0 Å². The van der Waals surface area contributed by atoms with Crippen LogP contribution in [0.2, 0.25) is 0 Å². The molecule has 2 amide bonds. The Hall–Kier alpha value is -2.41. The van der Waals surface area contributed by atoms with Gasteiger partial charge < -0.3 is 19.5 Å². The first-order chi connectivity index (χ1) is 11.5. The summed E-state index contributed by atoms with van der Waals surface area (Å²) in [5, 5.41) is 2.91. The zero-order valence-corrected chi connectivity index (χ0v) is 14.6. The fourth-order valence-electron chi connectivity index (χ4n) is 2.50. The molecule has 2 aromatic rings. The smallest absolute Gasteiger partial charge is 0.318 e. The number of likely N-dealkylation sites (N-methyl/N-ethyl adjacent to an activating group) is 1. The van der Waals surface area contributed by atoms with E-state index in [1.54, 1.807) is 31.5 Å². The number of aromatic nitrogens is 3. The molecule has 1 N–H and O–H groups in total. The molecule has 0 unspecified atom stereocenters. The number of carbonyl (C=O) groups excluding carboxylic acids is 1. The van der Waals surface area contributed by atoms with E-state index in [0.717, 1.165) is 11.5 Å². The summed E-state index contributed by atoms with van der Waals surface area (Å²) in [6, 6.07) is 5.49. The molecule has 130 valence electrons. The zero-order valence-electron chi connectivity index (χ0n) is 14.6. The number of carbonyl (C=O) groups is 1. The predicted octanol–water partition coefficient (Wildman–Crippen LogP) is 2.39. The molecular formula is C17H25N5O2. The van der Waals surface area contributed by atoms with Crippen LogP contribution in [0.4, 0.5) is 4.79 Å². The lowest BCUT2D eigenvalue weighted by Gasteiger charge is -2.27. The van der Waals surface area contributed by atoms with Crippen LogP contribution < -0.4 is 5.32 Å². The Kier molecular flexibility index (Phi) is 6.31. The van der Waals surface area contributed by atoms with Crippen LogP contribution in [-0.2, 0) is 11.3 Å². The number of ether oxygens (including phenoxy) is 1. The number of rotatable bonds is 7. The minimum absolute atomic E-state index is 0.194. The Morgan fingerprint density at radius 1 is 1.33 bits per heavy atom. The molecule has 0 aliphatic heterocycles. The van der Waals surface area contributed by atoms with E-state index in [1.165, 1.54) is 0 Å². The molecule has 0 aliphatic rings. The number of nitrogens with one attached hydrogen (secondary N) is 1. The van der Waals surface area contributed by atoms with Gasteiger partial charge in [-0.15, -0.1) is 0 Å². The van der Waals surface area contributed by atoms with E-state index in [9.17, 15) is 4.79 Å². The standard InChI is InChI=1S/C17H25N5O2/c1-13(2)22-10-9-19-16(22)11-20-17(23)21(3)15(12-24-4)14-7-5-6-8-18-14/h5-10,13,15H,11-12H2,1-4H3,(H,20,23)/t15-/m0/s1. The molecule has 24 heavy (non-hydrogen) atoms. The molecule has 0 spiro atoms. The van der Waals surface area contributed by atoms with Gasteiger partial charge >= 0.3 is 6.03 Å². The second kappa shape index (κ2) is 8.44. The molecular weight excluding hydrogens is 306 g/mol. The van der Waals surface area contributed by atoms with Crippen LogP contribution in [-0.4, -0.2) is 46.2 Å². The van der Waals surface area contributed by atoms with Gasteiger partial charge in [0.1, 0.15) is 5.82 Å². The van der Waals surface area contributed by atoms with Crippen molar-refractivity contribution >= 4 is 6.03 Å². The summed E-state index contributed by atoms with van der Waals surface area (Å²) >= 11 is 0. The second-order valence-corrected chi connectivity index (χ2v) is 5.84. The van der Waals surface area contributed by atoms with Crippen LogP contribution >= 0.6 is 0 Å². The van der Waals surface area contributed by atoms with Crippen molar-refractivity contribution in [2.45, 2.75) is 32.5 Å². The topological polar surface area (TPSA) is 72.3 Å². The van der Waals surface area contributed by atoms with Gasteiger partial charge in [0, 0.05) is 38.8 Å². The van der Waals surface area contributed by atoms with Gasteiger partial charge in [-0.1, -0.05) is 6.07 Å². The number of nitrogens with zero attached hydrogens (tertiary/aromatic N) is 4. The summed E-state index contributed by atoms with van der Waals surface area (Å²) < 4.78 is 7.29. The Morgan fingerprint density at radius 3 is 2.75 bits per heavy atom. The number of hydrogen-bond donors (Lipinski definition) is 1. The monoisotopic (exact) mass is 331 g/mol. The third kappa shape index (κ3) is 4.32. The summed E-state index contributed by atoms with van der Waals surface area (Å²) in [7, 11) is 3.35. The minimum atomic E-state index is -0.249. The van der Waals surface area contributed by atoms with Crippen molar-refractivity contribution in [3.63, 3.8) is 0 Å². The average molecular weight is 331 g/mol. The van der Waals surface area contributed by atoms with E-state index in [4.69, 9.17) is 4.74 Å². The lowest BCUT2D eigenvalue weighted by atomic mass is 10.2. The third-order valence-electron chi connectivity index (χ3n) is 3.84. The molecule has 0 bridgehead atoms. The normalized spacial score (nSPS) is 12.2. The number of imidazole rings is 1. The quantitative estimate of drug-likeness (QED) is 0.845. The van der Waals surface area contributed by atoms with Crippen molar-refractivity contribution in [3.8, 4) is 0 Å². The van der Waals surface area contributed by atoms with E-state index in [2.05, 4.69) is 29.1 Å². The number of pyridine rings is 1. The molecule has 2 heterocycles. The highest BCUT2D eigenvalue weighted by Gasteiger charge is 2.23. The molecule has 1 atom stereocenters. The maximum atomic E-state index is 12.5. The Labute approximate surface area is 142 Å². The fourth-order valence-corrected chi connectivity index (χ4v) is 2.50. The largest absolute Gasteiger partial charge is 0.382 e. The van der Waals surface area contributed by atoms with E-state index < -0.39 is 0 Å². The number of methoxy groups -OCH3 is 1. The van der Waals surface area contributed by atoms with Crippen LogP contribution in [0.15, 0.2) is 36.8 Å². The van der Waals surface area contributed by atoms with Crippen molar-refractivity contribution in [2.24, 2.45) is 0 Å². The molecule has 0 aromatic carbocycles. The van der Waals surface area contributed by atoms with Gasteiger partial charge in [0.2, 0.25) is 0 Å². The van der Waals surface area contributed by atoms with E-state index in [1.807, 2.05) is 29.0 Å². The van der Waals surface area contributed by atoms with E-state index in [0.29, 0.717) is 19.2 Å². The first kappa shape index (κ1) is 17.9. The number of hydrogen-bond acceptors (Lipinski definition) is 4. The molecule has 0 radical (unpaired) electrons. The van der Waals surface area contributed by atoms with Gasteiger partial charge in [-0.25, -0.2) is 9.78 Å². The van der Waals surface area contributed by atoms with Crippen LogP contribution in [0, 0.1) is 0 Å². The van der Waals surface area contributed by atoms with Crippen molar-refractivity contribution in [2.75, 3.05) is 20.8 Å². The van der Waals surface area contributed by atoms with Crippen molar-refractivity contribution in [1.82, 2.24) is 24.8 Å². The van der Waals surface area contributed by atoms with Gasteiger partial charge in [-0.3, -0.25) is 4.98 Å². The summed E-state index contributed by atoms with van der Waals surface area (Å²) in [4.78, 5) is 22.7. The molecule has 7 nitrogen and oxygen atoms in total. The second-order valence-electron chi connectivity index (χ2n) is 5.84. The van der Waals surface area contributed by atoms with Gasteiger partial charge in [0.25, 0.3) is 0 Å². The third-order valence-corrected chi connectivity index (χ3v) is 3.84. The molecule has 0 fully saturated rings. The van der Waals surface area contributed by atoms with Crippen LogP contribution in [0.1, 0.15) is 37.4 Å². The lowest BCUT2D eigenvalue weighted by molar-refractivity contribution is 0.114. The van der Waals surface area contributed by atoms with E-state index in [-0.39, 0.29) is 12.1 Å². The first-order valence-corrected chi connectivity index (χ1v) is 7.96. The molecule has 2 rings (SSSR count). The summed E-state index contributed by atoms with van der Waals surface area (Å²) in [6.07, 6.45) is 5.37. The highest BCUT2D eigenvalue weighted by atomic mass is 16.5. The molecule has 0 saturated carbocycles. The first-order valence-electron chi connectivity index (χ1n) is 7.96. The van der Waals surface area contributed by atoms with Gasteiger partial charge in [0.15, 0.2) is 0 Å². The highest BCUT2D eigenvalue weighted by Crippen LogP contribution is 2.17. The van der Waals surface area contributed by atoms with Gasteiger partial charge in [-0.05, 0) is 26.0 Å². The summed E-state index contributed by atoms with van der Waals surface area (Å²) in [5.74, 6) is 0.827. The number of amides is 2. The summed E-state index contributed by atoms with van der Waals surface area (Å²) in [5.41, 5.74) is 0.792. The lowest BCUT2D eigenvalue weighted by Crippen LogP contribution is -2.41. The molecule has 7 heteroatoms. The van der Waals surface area contributed by atoms with Crippen molar-refractivity contribution in [3.05, 3.63) is 48.3 Å². The number of urea groups is 1. The maximum Gasteiger partial charge on any atom is 0.318 e. The average Bonchev–Trinajstić information content (AvgIpc) is 3.06. The van der Waals surface area contributed by atoms with Crippen molar-refractivity contribution in [1.29, 1.82) is 0 Å². The minimum Gasteiger partial charge on any atom is -0.382 e. The SMILES string of the molecule is COC[C@@H](c1ccccn1)N(C)C(=O)NCc1nccn1C(C)C. The van der Waals surface area contributed by atoms with Gasteiger partial charge in [-0.2, -0.15) is 0 Å². The van der Waals surface area contributed by atoms with Crippen molar-refractivity contribution < 1.29 is 9.53 Å². The highest BCUT2D eigenvalue weighted by molar-refractivity contribution is 5.74. The Bertz CT molecular complexity index is 641. The molecule has 0 saturated heterocycles. The Morgan fingerprint density at radius 2 is 2.12 bits per heavy atom. The Balaban J connectivity index is 2.03.